The van der Waals surface area contributed by atoms with Crippen LogP contribution >= 0.6 is 0 Å². The zero-order chi connectivity index (χ0) is 26.1. The van der Waals surface area contributed by atoms with Crippen LogP contribution in [0.1, 0.15) is 37.4 Å². The molecule has 1 amide bonds. The van der Waals surface area contributed by atoms with E-state index in [1.165, 1.54) is 6.33 Å². The number of nitrogens with one attached hydrogen (secondary N) is 1. The van der Waals surface area contributed by atoms with Crippen molar-refractivity contribution in [3.63, 3.8) is 0 Å². The molecule has 0 radical (unpaired) electrons. The van der Waals surface area contributed by atoms with E-state index in [4.69, 9.17) is 20.4 Å². The maximum Gasteiger partial charge on any atom is 0.256 e. The first-order chi connectivity index (χ1) is 17.0. The van der Waals surface area contributed by atoms with Crippen LogP contribution in [-0.4, -0.2) is 58.5 Å². The average molecular weight is 510 g/mol. The van der Waals surface area contributed by atoms with Gasteiger partial charge in [-0.3, -0.25) is 9.36 Å². The molecule has 3 heterocycles. The molecule has 1 fully saturated rings. The lowest BCUT2D eigenvalue weighted by Gasteiger charge is -2.40. The van der Waals surface area contributed by atoms with E-state index in [1.807, 2.05) is 6.07 Å². The fourth-order valence-corrected chi connectivity index (χ4v) is 5.11. The molecule has 1 aliphatic heterocycles. The van der Waals surface area contributed by atoms with Crippen LogP contribution in [0.2, 0.25) is 18.1 Å². The molecule has 13 heteroatoms. The minimum absolute atomic E-state index is 0.0613. The first-order valence-corrected chi connectivity index (χ1v) is 14.6. The molecule has 4 atom stereocenters. The predicted molar refractivity (Wildman–Crippen MR) is 138 cm³/mol. The van der Waals surface area contributed by atoms with Crippen LogP contribution in [-0.2, 0) is 9.16 Å². The smallest absolute Gasteiger partial charge is 0.256 e. The van der Waals surface area contributed by atoms with Crippen LogP contribution in [0, 0.1) is 0 Å². The number of anilines is 1. The van der Waals surface area contributed by atoms with Crippen molar-refractivity contribution in [2.45, 2.75) is 63.4 Å². The summed E-state index contributed by atoms with van der Waals surface area (Å²) in [4.78, 5) is 28.7. The van der Waals surface area contributed by atoms with Gasteiger partial charge in [-0.05, 0) is 35.8 Å². The number of ether oxygens (including phenoxy) is 1. The normalized spacial score (nSPS) is 22.4. The quantitative estimate of drug-likeness (QED) is 0.210. The Balaban J connectivity index is 1.69. The number of benzene rings is 1. The Labute approximate surface area is 210 Å². The van der Waals surface area contributed by atoms with Crippen molar-refractivity contribution < 1.29 is 14.0 Å². The number of fused-ring (bicyclic) bond motifs is 1. The van der Waals surface area contributed by atoms with Gasteiger partial charge in [0.1, 0.15) is 12.4 Å². The summed E-state index contributed by atoms with van der Waals surface area (Å²) in [5.74, 6) is -0.0275. The molecule has 36 heavy (non-hydrogen) atoms. The molecule has 190 valence electrons. The van der Waals surface area contributed by atoms with Gasteiger partial charge < -0.3 is 20.2 Å². The predicted octanol–water partition coefficient (Wildman–Crippen LogP) is 4.00. The van der Waals surface area contributed by atoms with E-state index in [0.29, 0.717) is 16.7 Å². The summed E-state index contributed by atoms with van der Waals surface area (Å²) in [6, 6.07) is 8.31. The minimum Gasteiger partial charge on any atom is -0.408 e. The largest absolute Gasteiger partial charge is 0.408 e. The standard InChI is InChI=1S/C23H31N9O3Si/c1-23(2,3)36(4,5)35-18-16(24)15(11-29-31-25)34-22(18)32-13-28-17-19(26-12-27-20(17)32)30-21(33)14-9-7-6-8-10-14/h6-10,12-13,15-16,18,22H,11,24H2,1-5H3,(H,26,27,30,33)/t15-,16-,18-,22-/m1/s1. The molecule has 1 aliphatic rings. The van der Waals surface area contributed by atoms with Gasteiger partial charge in [0, 0.05) is 10.5 Å². The first-order valence-electron chi connectivity index (χ1n) is 11.7. The maximum absolute atomic E-state index is 12.7. The average Bonchev–Trinajstić information content (AvgIpc) is 3.39. The third-order valence-electron chi connectivity index (χ3n) is 6.87. The minimum atomic E-state index is -2.25. The number of carbonyl (C=O) groups is 1. The Morgan fingerprint density at radius 2 is 2.00 bits per heavy atom. The van der Waals surface area contributed by atoms with Gasteiger partial charge in [0.15, 0.2) is 31.5 Å². The monoisotopic (exact) mass is 509 g/mol. The second-order valence-electron chi connectivity index (χ2n) is 10.3. The van der Waals surface area contributed by atoms with Gasteiger partial charge in [-0.25, -0.2) is 15.0 Å². The van der Waals surface area contributed by atoms with E-state index >= 15 is 0 Å². The van der Waals surface area contributed by atoms with Crippen molar-refractivity contribution in [3.8, 4) is 0 Å². The van der Waals surface area contributed by atoms with Crippen LogP contribution in [0.25, 0.3) is 21.6 Å². The summed E-state index contributed by atoms with van der Waals surface area (Å²) in [6.45, 7) is 10.8. The van der Waals surface area contributed by atoms with E-state index in [2.05, 4.69) is 64.2 Å². The fourth-order valence-electron chi connectivity index (χ4n) is 3.81. The van der Waals surface area contributed by atoms with Gasteiger partial charge in [0.05, 0.1) is 25.0 Å². The Hall–Kier alpha value is -3.35. The molecule has 1 saturated heterocycles. The molecule has 0 spiro atoms. The lowest BCUT2D eigenvalue weighted by molar-refractivity contribution is -0.0285. The summed E-state index contributed by atoms with van der Waals surface area (Å²) in [7, 11) is -2.25. The van der Waals surface area contributed by atoms with Crippen molar-refractivity contribution in [1.29, 1.82) is 0 Å². The van der Waals surface area contributed by atoms with E-state index in [-0.39, 0.29) is 23.3 Å². The van der Waals surface area contributed by atoms with Gasteiger partial charge >= 0.3 is 0 Å². The van der Waals surface area contributed by atoms with E-state index in [0.717, 1.165) is 0 Å². The highest BCUT2D eigenvalue weighted by atomic mass is 28.4. The highest BCUT2D eigenvalue weighted by molar-refractivity contribution is 6.74. The lowest BCUT2D eigenvalue weighted by Crippen LogP contribution is -2.51. The Kier molecular flexibility index (Phi) is 7.11. The number of rotatable bonds is 7. The fraction of sp³-hybridized carbons (Fsp3) is 0.478. The van der Waals surface area contributed by atoms with E-state index in [1.54, 1.807) is 35.2 Å². The van der Waals surface area contributed by atoms with Crippen LogP contribution in [0.4, 0.5) is 5.82 Å². The number of amides is 1. The molecule has 4 rings (SSSR count). The first kappa shape index (κ1) is 25.7. The zero-order valence-electron chi connectivity index (χ0n) is 21.0. The van der Waals surface area contributed by atoms with Crippen LogP contribution in [0.15, 0.2) is 48.1 Å². The molecule has 0 saturated carbocycles. The number of nitrogens with two attached hydrogens (primary N) is 1. The third kappa shape index (κ3) is 4.97. The number of imidazole rings is 1. The van der Waals surface area contributed by atoms with Crippen molar-refractivity contribution in [3.05, 3.63) is 59.0 Å². The maximum atomic E-state index is 12.7. The second-order valence-corrected chi connectivity index (χ2v) is 15.0. The Morgan fingerprint density at radius 1 is 1.28 bits per heavy atom. The molecule has 3 aromatic rings. The Bertz CT molecular complexity index is 1280. The highest BCUT2D eigenvalue weighted by Crippen LogP contribution is 2.42. The second kappa shape index (κ2) is 9.95. The van der Waals surface area contributed by atoms with Gasteiger partial charge in [-0.1, -0.05) is 44.1 Å². The summed E-state index contributed by atoms with van der Waals surface area (Å²) < 4.78 is 14.7. The van der Waals surface area contributed by atoms with Crippen LogP contribution in [0.5, 0.6) is 0 Å². The van der Waals surface area contributed by atoms with Gasteiger partial charge in [0.25, 0.3) is 5.91 Å². The number of azide groups is 1. The highest BCUT2D eigenvalue weighted by Gasteiger charge is 2.49. The van der Waals surface area contributed by atoms with Crippen molar-refractivity contribution in [1.82, 2.24) is 19.5 Å². The van der Waals surface area contributed by atoms with Crippen molar-refractivity contribution in [2.24, 2.45) is 10.8 Å². The molecule has 0 unspecified atom stereocenters. The van der Waals surface area contributed by atoms with Crippen LogP contribution < -0.4 is 11.1 Å². The SMILES string of the molecule is CC(C)(C)[Si](C)(C)O[C@@H]1[C@H](N)[C@@H](CN=[N+]=[N-])O[C@H]1n1cnc2c(NC(=O)c3ccccc3)ncnc21. The molecular weight excluding hydrogens is 478 g/mol. The number of hydrogen-bond donors (Lipinski definition) is 2. The van der Waals surface area contributed by atoms with E-state index in [9.17, 15) is 4.79 Å². The third-order valence-corrected chi connectivity index (χ3v) is 11.3. The number of aromatic nitrogens is 4. The zero-order valence-corrected chi connectivity index (χ0v) is 22.0. The molecule has 0 bridgehead atoms. The van der Waals surface area contributed by atoms with E-state index < -0.39 is 32.8 Å². The van der Waals surface area contributed by atoms with Gasteiger partial charge in [-0.15, -0.1) is 0 Å². The summed E-state index contributed by atoms with van der Waals surface area (Å²) in [6.07, 6.45) is 1.20. The molecule has 2 aromatic heterocycles. The molecule has 3 N–H and O–H groups in total. The van der Waals surface area contributed by atoms with Crippen molar-refractivity contribution >= 4 is 31.2 Å². The molecule has 1 aromatic carbocycles. The molecule has 0 aliphatic carbocycles. The lowest BCUT2D eigenvalue weighted by atomic mass is 10.1. The number of carbonyl (C=O) groups excluding carboxylic acids is 1. The van der Waals surface area contributed by atoms with Crippen LogP contribution in [0.3, 0.4) is 0 Å². The topological polar surface area (TPSA) is 166 Å². The van der Waals surface area contributed by atoms with Gasteiger partial charge in [-0.2, -0.15) is 0 Å². The van der Waals surface area contributed by atoms with Gasteiger partial charge in [0.2, 0.25) is 0 Å². The summed E-state index contributed by atoms with van der Waals surface area (Å²) in [5.41, 5.74) is 16.8. The number of nitrogens with zero attached hydrogens (tertiary/aromatic N) is 7. The Morgan fingerprint density at radius 3 is 2.67 bits per heavy atom. The molecule has 12 nitrogen and oxygen atoms in total. The number of hydrogen-bond acceptors (Lipinski definition) is 8. The summed E-state index contributed by atoms with van der Waals surface area (Å²) >= 11 is 0. The molecular formula is C23H31N9O3Si. The van der Waals surface area contributed by atoms with Crippen molar-refractivity contribution in [2.75, 3.05) is 11.9 Å². The summed E-state index contributed by atoms with van der Waals surface area (Å²) in [5, 5.41) is 6.42.